The summed E-state index contributed by atoms with van der Waals surface area (Å²) in [7, 11) is 0.00491. The first-order valence-electron chi connectivity index (χ1n) is 7.87. The Morgan fingerprint density at radius 3 is 2.62 bits per heavy atom. The van der Waals surface area contributed by atoms with Crippen molar-refractivity contribution in [2.75, 3.05) is 13.7 Å². The molecule has 122 valence electrons. The van der Waals surface area contributed by atoms with Crippen LogP contribution in [-0.2, 0) is 14.0 Å². The van der Waals surface area contributed by atoms with Crippen LogP contribution in [0.25, 0.3) is 0 Å². The highest BCUT2D eigenvalue weighted by molar-refractivity contribution is 6.69. The number of esters is 1. The standard InChI is InChI=1S/C16H30O4Si/c1-19-16(18)12-13-9-10-15(17)14(13)8-6-5-7-11-20-21(2,3)4/h5-6,13-15,17H,7-12H2,1-4H3/b6-5-/t13-,14+,15-/m0/s1. The Morgan fingerprint density at radius 1 is 1.29 bits per heavy atom. The molecule has 1 saturated carbocycles. The number of carbonyl (C=O) groups is 1. The Labute approximate surface area is 129 Å². The molecule has 5 heteroatoms. The molecule has 0 unspecified atom stereocenters. The van der Waals surface area contributed by atoms with Crippen LogP contribution >= 0.6 is 0 Å². The van der Waals surface area contributed by atoms with Gasteiger partial charge in [0.15, 0.2) is 8.32 Å². The van der Waals surface area contributed by atoms with Crippen molar-refractivity contribution in [2.45, 2.75) is 57.8 Å². The van der Waals surface area contributed by atoms with E-state index in [9.17, 15) is 9.90 Å². The van der Waals surface area contributed by atoms with Crippen molar-refractivity contribution in [2.24, 2.45) is 11.8 Å². The number of ether oxygens (including phenoxy) is 1. The van der Waals surface area contributed by atoms with Crippen LogP contribution in [0.4, 0.5) is 0 Å². The maximum Gasteiger partial charge on any atom is 0.305 e. The molecule has 0 aromatic carbocycles. The SMILES string of the molecule is COC(=O)C[C@@H]1CC[C@H](O)[C@@H]1C/C=C\CCO[Si](C)(C)C. The molecule has 0 aromatic rings. The lowest BCUT2D eigenvalue weighted by atomic mass is 9.89. The number of rotatable bonds is 8. The van der Waals surface area contributed by atoms with Crippen LogP contribution in [-0.4, -0.2) is 39.2 Å². The second-order valence-corrected chi connectivity index (χ2v) is 11.3. The van der Waals surface area contributed by atoms with Crippen molar-refractivity contribution in [1.82, 2.24) is 0 Å². The molecule has 0 amide bonds. The van der Waals surface area contributed by atoms with Crippen LogP contribution < -0.4 is 0 Å². The van der Waals surface area contributed by atoms with Gasteiger partial charge in [0.2, 0.25) is 0 Å². The fourth-order valence-corrected chi connectivity index (χ4v) is 3.56. The van der Waals surface area contributed by atoms with E-state index in [0.29, 0.717) is 6.42 Å². The molecule has 0 aromatic heterocycles. The van der Waals surface area contributed by atoms with Gasteiger partial charge in [0.1, 0.15) is 0 Å². The molecule has 1 N–H and O–H groups in total. The molecule has 0 saturated heterocycles. The minimum Gasteiger partial charge on any atom is -0.469 e. The number of aliphatic hydroxyl groups excluding tert-OH is 1. The Hall–Kier alpha value is -0.653. The van der Waals surface area contributed by atoms with Gasteiger partial charge >= 0.3 is 5.97 Å². The third kappa shape index (κ3) is 7.25. The van der Waals surface area contributed by atoms with Gasteiger partial charge in [-0.15, -0.1) is 0 Å². The molecular formula is C16H30O4Si. The topological polar surface area (TPSA) is 55.8 Å². The fraction of sp³-hybridized carbons (Fsp3) is 0.812. The number of aliphatic hydroxyl groups is 1. The molecule has 0 spiro atoms. The highest BCUT2D eigenvalue weighted by Gasteiger charge is 2.35. The van der Waals surface area contributed by atoms with Gasteiger partial charge in [-0.25, -0.2) is 0 Å². The lowest BCUT2D eigenvalue weighted by Gasteiger charge is -2.19. The van der Waals surface area contributed by atoms with E-state index in [4.69, 9.17) is 9.16 Å². The number of hydrogen-bond donors (Lipinski definition) is 1. The lowest BCUT2D eigenvalue weighted by molar-refractivity contribution is -0.142. The number of methoxy groups -OCH3 is 1. The van der Waals surface area contributed by atoms with Gasteiger partial charge in [-0.2, -0.15) is 0 Å². The molecule has 0 radical (unpaired) electrons. The van der Waals surface area contributed by atoms with Gasteiger partial charge in [0.25, 0.3) is 0 Å². The highest BCUT2D eigenvalue weighted by Crippen LogP contribution is 2.37. The minimum absolute atomic E-state index is 0.174. The van der Waals surface area contributed by atoms with E-state index >= 15 is 0 Å². The van der Waals surface area contributed by atoms with E-state index in [1.165, 1.54) is 7.11 Å². The third-order valence-corrected chi connectivity index (χ3v) is 5.05. The normalized spacial score (nSPS) is 26.4. The Bertz CT molecular complexity index is 349. The summed E-state index contributed by atoms with van der Waals surface area (Å²) in [6.07, 6.45) is 7.82. The van der Waals surface area contributed by atoms with Gasteiger partial charge in [-0.05, 0) is 57.2 Å². The summed E-state index contributed by atoms with van der Waals surface area (Å²) < 4.78 is 10.5. The summed E-state index contributed by atoms with van der Waals surface area (Å²) in [5.74, 6) is 0.250. The van der Waals surface area contributed by atoms with Gasteiger partial charge in [-0.3, -0.25) is 4.79 Å². The van der Waals surface area contributed by atoms with Crippen LogP contribution in [0.5, 0.6) is 0 Å². The average Bonchev–Trinajstić information content (AvgIpc) is 2.73. The fourth-order valence-electron chi connectivity index (χ4n) is 2.83. The zero-order valence-electron chi connectivity index (χ0n) is 13.8. The van der Waals surface area contributed by atoms with Gasteiger partial charge in [-0.1, -0.05) is 12.2 Å². The Kier molecular flexibility index (Phi) is 7.63. The second-order valence-electron chi connectivity index (χ2n) is 6.81. The molecule has 4 nitrogen and oxygen atoms in total. The number of carbonyl (C=O) groups excluding carboxylic acids is 1. The predicted molar refractivity (Wildman–Crippen MR) is 86.5 cm³/mol. The van der Waals surface area contributed by atoms with Crippen molar-refractivity contribution in [3.8, 4) is 0 Å². The van der Waals surface area contributed by atoms with E-state index in [1.54, 1.807) is 0 Å². The average molecular weight is 314 g/mol. The molecule has 3 atom stereocenters. The van der Waals surface area contributed by atoms with Crippen molar-refractivity contribution in [3.05, 3.63) is 12.2 Å². The maximum atomic E-state index is 11.4. The molecule has 0 heterocycles. The summed E-state index contributed by atoms with van der Waals surface area (Å²) in [4.78, 5) is 11.4. The Balaban J connectivity index is 2.32. The van der Waals surface area contributed by atoms with Crippen LogP contribution in [0, 0.1) is 11.8 Å². The first-order valence-corrected chi connectivity index (χ1v) is 11.3. The molecular weight excluding hydrogens is 284 g/mol. The van der Waals surface area contributed by atoms with Crippen molar-refractivity contribution >= 4 is 14.3 Å². The van der Waals surface area contributed by atoms with E-state index in [0.717, 1.165) is 32.3 Å². The van der Waals surface area contributed by atoms with Crippen molar-refractivity contribution in [3.63, 3.8) is 0 Å². The zero-order chi connectivity index (χ0) is 15.9. The maximum absolute atomic E-state index is 11.4. The number of hydrogen-bond acceptors (Lipinski definition) is 4. The molecule has 21 heavy (non-hydrogen) atoms. The summed E-state index contributed by atoms with van der Waals surface area (Å²) in [5, 5.41) is 10.0. The smallest absolute Gasteiger partial charge is 0.305 e. The molecule has 1 fully saturated rings. The van der Waals surface area contributed by atoms with E-state index in [2.05, 4.69) is 31.8 Å². The van der Waals surface area contributed by atoms with Crippen molar-refractivity contribution < 1.29 is 19.1 Å². The largest absolute Gasteiger partial charge is 0.469 e. The molecule has 0 aliphatic heterocycles. The van der Waals surface area contributed by atoms with Gasteiger partial charge in [0, 0.05) is 13.0 Å². The summed E-state index contributed by atoms with van der Waals surface area (Å²) in [6.45, 7) is 7.32. The van der Waals surface area contributed by atoms with Crippen molar-refractivity contribution in [1.29, 1.82) is 0 Å². The summed E-state index contributed by atoms with van der Waals surface area (Å²) >= 11 is 0. The predicted octanol–water partition coefficient (Wildman–Crippen LogP) is 3.12. The van der Waals surface area contributed by atoms with Gasteiger partial charge in [0.05, 0.1) is 13.2 Å². The molecule has 1 rings (SSSR count). The summed E-state index contributed by atoms with van der Waals surface area (Å²) in [5.41, 5.74) is 0. The van der Waals surface area contributed by atoms with Crippen LogP contribution in [0.2, 0.25) is 19.6 Å². The first kappa shape index (κ1) is 18.4. The van der Waals surface area contributed by atoms with Crippen LogP contribution in [0.15, 0.2) is 12.2 Å². The monoisotopic (exact) mass is 314 g/mol. The molecule has 1 aliphatic carbocycles. The number of allylic oxidation sites excluding steroid dienone is 1. The zero-order valence-corrected chi connectivity index (χ0v) is 14.8. The highest BCUT2D eigenvalue weighted by atomic mass is 28.4. The van der Waals surface area contributed by atoms with Crippen LogP contribution in [0.3, 0.4) is 0 Å². The first-order chi connectivity index (χ1) is 9.83. The van der Waals surface area contributed by atoms with E-state index in [-0.39, 0.29) is 23.9 Å². The van der Waals surface area contributed by atoms with Crippen LogP contribution in [0.1, 0.15) is 32.1 Å². The second kappa shape index (κ2) is 8.71. The minimum atomic E-state index is -1.41. The summed E-state index contributed by atoms with van der Waals surface area (Å²) in [6, 6.07) is 0. The van der Waals surface area contributed by atoms with Gasteiger partial charge < -0.3 is 14.3 Å². The van der Waals surface area contributed by atoms with E-state index in [1.807, 2.05) is 0 Å². The molecule has 0 bridgehead atoms. The van der Waals surface area contributed by atoms with E-state index < -0.39 is 8.32 Å². The lowest BCUT2D eigenvalue weighted by Crippen LogP contribution is -2.25. The molecule has 1 aliphatic rings. The Morgan fingerprint density at radius 2 is 2.00 bits per heavy atom. The quantitative estimate of drug-likeness (QED) is 0.324. The third-order valence-electron chi connectivity index (χ3n) is 3.98.